The van der Waals surface area contributed by atoms with Gasteiger partial charge in [0.15, 0.2) is 5.82 Å². The molecule has 1 aliphatic carbocycles. The largest absolute Gasteiger partial charge is 0.417 e. The number of hydrogen-bond acceptors (Lipinski definition) is 8. The quantitative estimate of drug-likeness (QED) is 0.407. The Labute approximate surface area is 216 Å². The molecule has 0 bridgehead atoms. The minimum Gasteiger partial charge on any atom is -0.353 e. The number of halogens is 3. The Balaban J connectivity index is 1.27. The SMILES string of the molecule is CS(=O)(=O)C1CC(N2CCN(c3ccnc(-c4cnc5ccc(C(F)(F)F)cn45)n3)C[C@H]2c2cn[nH]c2)C1. The molecule has 1 saturated heterocycles. The van der Waals surface area contributed by atoms with Gasteiger partial charge in [-0.1, -0.05) is 0 Å². The summed E-state index contributed by atoms with van der Waals surface area (Å²) in [5.41, 5.74) is 0.935. The van der Waals surface area contributed by atoms with Crippen LogP contribution in [0.4, 0.5) is 19.0 Å². The zero-order valence-corrected chi connectivity index (χ0v) is 21.2. The second-order valence-electron chi connectivity index (χ2n) is 9.83. The first-order valence-electron chi connectivity index (χ1n) is 12.1. The molecule has 0 radical (unpaired) electrons. The lowest BCUT2D eigenvalue weighted by molar-refractivity contribution is -0.137. The highest BCUT2D eigenvalue weighted by atomic mass is 32.2. The predicted molar refractivity (Wildman–Crippen MR) is 133 cm³/mol. The fraction of sp³-hybridized carbons (Fsp3) is 0.417. The van der Waals surface area contributed by atoms with Crippen molar-refractivity contribution in [1.29, 1.82) is 0 Å². The van der Waals surface area contributed by atoms with E-state index >= 15 is 0 Å². The summed E-state index contributed by atoms with van der Waals surface area (Å²) in [7, 11) is -3.06. The van der Waals surface area contributed by atoms with E-state index in [0.29, 0.717) is 49.6 Å². The number of sulfone groups is 1. The van der Waals surface area contributed by atoms with Crippen molar-refractivity contribution in [3.8, 4) is 11.5 Å². The van der Waals surface area contributed by atoms with Crippen LogP contribution in [0.3, 0.4) is 0 Å². The second-order valence-corrected chi connectivity index (χ2v) is 12.2. The summed E-state index contributed by atoms with van der Waals surface area (Å²) in [6.07, 6.45) is 5.71. The Kier molecular flexibility index (Phi) is 5.90. The van der Waals surface area contributed by atoms with E-state index in [1.807, 2.05) is 6.20 Å². The number of alkyl halides is 3. The third-order valence-corrected chi connectivity index (χ3v) is 9.09. The number of pyridine rings is 1. The number of aromatic nitrogens is 6. The fourth-order valence-electron chi connectivity index (χ4n) is 5.30. The van der Waals surface area contributed by atoms with Crippen LogP contribution in [0.15, 0.2) is 49.2 Å². The molecule has 0 amide bonds. The molecule has 0 unspecified atom stereocenters. The van der Waals surface area contributed by atoms with E-state index in [2.05, 4.69) is 30.0 Å². The molecule has 0 spiro atoms. The highest BCUT2D eigenvalue weighted by Gasteiger charge is 2.43. The number of rotatable bonds is 5. The lowest BCUT2D eigenvalue weighted by Crippen LogP contribution is -2.57. The Morgan fingerprint density at radius 3 is 2.61 bits per heavy atom. The topological polar surface area (TPSA) is 112 Å². The number of fused-ring (bicyclic) bond motifs is 1. The summed E-state index contributed by atoms with van der Waals surface area (Å²) in [5, 5.41) is 6.67. The smallest absolute Gasteiger partial charge is 0.353 e. The molecule has 0 aromatic carbocycles. The Morgan fingerprint density at radius 2 is 1.89 bits per heavy atom. The van der Waals surface area contributed by atoms with Gasteiger partial charge in [-0.05, 0) is 31.0 Å². The van der Waals surface area contributed by atoms with E-state index in [4.69, 9.17) is 4.98 Å². The summed E-state index contributed by atoms with van der Waals surface area (Å²) in [5.74, 6) is 0.916. The minimum absolute atomic E-state index is 0.0310. The molecule has 4 aromatic rings. The standard InChI is InChI=1S/C24H25F3N8O2S/c1-38(36,37)18-8-17(9-18)34-7-6-33(14-20(34)15-10-30-31-11-15)22-4-5-28-23(32-22)19-12-29-21-3-2-16(13-35(19)21)24(25,26)27/h2-5,10-13,17-18,20H,6-9,14H2,1H3,(H,30,31)/t17?,18?,20-/m0/s1. The van der Waals surface area contributed by atoms with Gasteiger partial charge in [-0.2, -0.15) is 18.3 Å². The maximum atomic E-state index is 13.3. The average Bonchev–Trinajstić information content (AvgIpc) is 3.52. The van der Waals surface area contributed by atoms with Crippen LogP contribution >= 0.6 is 0 Å². The van der Waals surface area contributed by atoms with Crippen molar-refractivity contribution in [2.45, 2.75) is 36.4 Å². The van der Waals surface area contributed by atoms with Gasteiger partial charge in [-0.3, -0.25) is 14.4 Å². The Bertz CT molecular complexity index is 1570. The minimum atomic E-state index is -4.48. The van der Waals surface area contributed by atoms with Crippen molar-refractivity contribution in [2.75, 3.05) is 30.8 Å². The molecule has 1 aliphatic heterocycles. The first-order chi connectivity index (χ1) is 18.1. The lowest BCUT2D eigenvalue weighted by atomic mass is 9.88. The molecule has 6 rings (SSSR count). The van der Waals surface area contributed by atoms with Gasteiger partial charge in [0.1, 0.15) is 27.0 Å². The van der Waals surface area contributed by atoms with Crippen molar-refractivity contribution < 1.29 is 21.6 Å². The number of nitrogens with zero attached hydrogens (tertiary/aromatic N) is 7. The monoisotopic (exact) mass is 546 g/mol. The number of H-pyrrole nitrogens is 1. The van der Waals surface area contributed by atoms with E-state index in [9.17, 15) is 21.6 Å². The molecule has 5 heterocycles. The van der Waals surface area contributed by atoms with Crippen LogP contribution in [0.5, 0.6) is 0 Å². The van der Waals surface area contributed by atoms with Crippen molar-refractivity contribution >= 4 is 21.3 Å². The van der Waals surface area contributed by atoms with Gasteiger partial charge in [0, 0.05) is 56.1 Å². The normalized spacial score (nSPS) is 23.1. The molecule has 14 heteroatoms. The zero-order chi connectivity index (χ0) is 26.7. The second kappa shape index (κ2) is 9.05. The molecule has 1 atom stereocenters. The van der Waals surface area contributed by atoms with Crippen LogP contribution in [-0.2, 0) is 16.0 Å². The van der Waals surface area contributed by atoms with Crippen LogP contribution in [0.1, 0.15) is 30.0 Å². The molecule has 1 N–H and O–H groups in total. The highest BCUT2D eigenvalue weighted by molar-refractivity contribution is 7.91. The van der Waals surface area contributed by atoms with Crippen LogP contribution in [0, 0.1) is 0 Å². The van der Waals surface area contributed by atoms with E-state index in [1.165, 1.54) is 22.9 Å². The number of hydrogen-bond donors (Lipinski definition) is 1. The molecule has 10 nitrogen and oxygen atoms in total. The number of piperazine rings is 1. The van der Waals surface area contributed by atoms with E-state index < -0.39 is 21.6 Å². The van der Waals surface area contributed by atoms with Gasteiger partial charge in [0.2, 0.25) is 0 Å². The van der Waals surface area contributed by atoms with Crippen LogP contribution < -0.4 is 4.90 Å². The Hall–Kier alpha value is -3.52. The lowest BCUT2D eigenvalue weighted by Gasteiger charge is -2.50. The summed E-state index contributed by atoms with van der Waals surface area (Å²) in [6, 6.07) is 4.23. The molecule has 4 aromatic heterocycles. The summed E-state index contributed by atoms with van der Waals surface area (Å²) >= 11 is 0. The van der Waals surface area contributed by atoms with E-state index in [-0.39, 0.29) is 23.2 Å². The van der Waals surface area contributed by atoms with Crippen LogP contribution in [0.25, 0.3) is 17.2 Å². The Morgan fingerprint density at radius 1 is 1.08 bits per heavy atom. The van der Waals surface area contributed by atoms with Crippen molar-refractivity contribution in [1.82, 2.24) is 34.4 Å². The molecule has 200 valence electrons. The molecule has 1 saturated carbocycles. The molecular weight excluding hydrogens is 521 g/mol. The maximum absolute atomic E-state index is 13.3. The van der Waals surface area contributed by atoms with Crippen LogP contribution in [-0.4, -0.2) is 80.0 Å². The first kappa shape index (κ1) is 24.8. The summed E-state index contributed by atoms with van der Waals surface area (Å²) < 4.78 is 65.2. The van der Waals surface area contributed by atoms with Gasteiger partial charge in [-0.15, -0.1) is 0 Å². The van der Waals surface area contributed by atoms with Crippen molar-refractivity contribution in [2.24, 2.45) is 0 Å². The average molecular weight is 547 g/mol. The van der Waals surface area contributed by atoms with Crippen LogP contribution in [0.2, 0.25) is 0 Å². The van der Waals surface area contributed by atoms with E-state index in [1.54, 1.807) is 18.5 Å². The van der Waals surface area contributed by atoms with Crippen molar-refractivity contribution in [3.05, 3.63) is 60.3 Å². The fourth-order valence-corrected chi connectivity index (χ4v) is 6.45. The molecule has 2 fully saturated rings. The summed E-state index contributed by atoms with van der Waals surface area (Å²) in [6.45, 7) is 1.93. The van der Waals surface area contributed by atoms with Gasteiger partial charge >= 0.3 is 6.18 Å². The van der Waals surface area contributed by atoms with Gasteiger partial charge in [0.25, 0.3) is 0 Å². The van der Waals surface area contributed by atoms with Gasteiger partial charge < -0.3 is 4.90 Å². The third-order valence-electron chi connectivity index (χ3n) is 7.50. The first-order valence-corrected chi connectivity index (χ1v) is 14.1. The number of aromatic amines is 1. The molecule has 2 aliphatic rings. The summed E-state index contributed by atoms with van der Waals surface area (Å²) in [4.78, 5) is 17.7. The number of anilines is 1. The highest BCUT2D eigenvalue weighted by Crippen LogP contribution is 2.38. The third kappa shape index (κ3) is 4.51. The zero-order valence-electron chi connectivity index (χ0n) is 20.4. The predicted octanol–water partition coefficient (Wildman–Crippen LogP) is 2.97. The number of imidazole rings is 1. The van der Waals surface area contributed by atoms with Crippen molar-refractivity contribution in [3.63, 3.8) is 0 Å². The molecule has 38 heavy (non-hydrogen) atoms. The van der Waals surface area contributed by atoms with E-state index in [0.717, 1.165) is 17.8 Å². The maximum Gasteiger partial charge on any atom is 0.417 e. The van der Waals surface area contributed by atoms with Gasteiger partial charge in [-0.25, -0.2) is 23.4 Å². The van der Waals surface area contributed by atoms with Gasteiger partial charge in [0.05, 0.1) is 29.2 Å². The molecular formula is C24H25F3N8O2S. The number of nitrogens with one attached hydrogen (secondary N) is 1.